The minimum Gasteiger partial charge on any atom is -0.380 e. The quantitative estimate of drug-likeness (QED) is 0.846. The van der Waals surface area contributed by atoms with Crippen molar-refractivity contribution < 1.29 is 9.53 Å². The van der Waals surface area contributed by atoms with Crippen LogP contribution in [0.3, 0.4) is 0 Å². The molecule has 1 aromatic rings. The van der Waals surface area contributed by atoms with Crippen LogP contribution in [-0.2, 0) is 10.2 Å². The van der Waals surface area contributed by atoms with Crippen LogP contribution in [0.5, 0.6) is 0 Å². The van der Waals surface area contributed by atoms with Gasteiger partial charge in [0.1, 0.15) is 5.82 Å². The SMILES string of the molecule is CCNc1cc(C(=O)NCC(C)OC)cc(C(C)(C)C)n1. The summed E-state index contributed by atoms with van der Waals surface area (Å²) in [6.07, 6.45) is -0.00823. The summed E-state index contributed by atoms with van der Waals surface area (Å²) in [6, 6.07) is 3.64. The molecule has 0 saturated heterocycles. The molecule has 0 aromatic carbocycles. The lowest BCUT2D eigenvalue weighted by molar-refractivity contribution is 0.0870. The molecule has 0 spiro atoms. The number of anilines is 1. The van der Waals surface area contributed by atoms with Crippen LogP contribution in [0.4, 0.5) is 5.82 Å². The Morgan fingerprint density at radius 1 is 1.38 bits per heavy atom. The molecule has 0 saturated carbocycles. The first-order valence-corrected chi connectivity index (χ1v) is 7.35. The molecular formula is C16H27N3O2. The molecule has 5 nitrogen and oxygen atoms in total. The number of nitrogens with one attached hydrogen (secondary N) is 2. The van der Waals surface area contributed by atoms with Gasteiger partial charge in [0, 0.05) is 36.9 Å². The lowest BCUT2D eigenvalue weighted by atomic mass is 9.90. The minimum absolute atomic E-state index is 0.00823. The van der Waals surface area contributed by atoms with E-state index in [4.69, 9.17) is 4.74 Å². The third kappa shape index (κ3) is 5.34. The second-order valence-corrected chi connectivity index (χ2v) is 6.16. The average molecular weight is 293 g/mol. The van der Waals surface area contributed by atoms with Gasteiger partial charge in [-0.05, 0) is 26.0 Å². The summed E-state index contributed by atoms with van der Waals surface area (Å²) in [6.45, 7) is 11.4. The van der Waals surface area contributed by atoms with Gasteiger partial charge in [-0.15, -0.1) is 0 Å². The number of aromatic nitrogens is 1. The zero-order valence-corrected chi connectivity index (χ0v) is 13.9. The second kappa shape index (κ2) is 7.41. The van der Waals surface area contributed by atoms with Crippen molar-refractivity contribution in [3.63, 3.8) is 0 Å². The average Bonchev–Trinajstić information content (AvgIpc) is 2.43. The fourth-order valence-corrected chi connectivity index (χ4v) is 1.74. The van der Waals surface area contributed by atoms with Gasteiger partial charge >= 0.3 is 0 Å². The van der Waals surface area contributed by atoms with E-state index in [1.165, 1.54) is 0 Å². The van der Waals surface area contributed by atoms with Crippen LogP contribution in [-0.4, -0.2) is 37.2 Å². The second-order valence-electron chi connectivity index (χ2n) is 6.16. The fraction of sp³-hybridized carbons (Fsp3) is 0.625. The largest absolute Gasteiger partial charge is 0.380 e. The summed E-state index contributed by atoms with van der Waals surface area (Å²) in [4.78, 5) is 16.9. The van der Waals surface area contributed by atoms with Gasteiger partial charge in [-0.25, -0.2) is 4.98 Å². The van der Waals surface area contributed by atoms with Crippen molar-refractivity contribution in [2.75, 3.05) is 25.5 Å². The number of nitrogens with zero attached hydrogens (tertiary/aromatic N) is 1. The summed E-state index contributed by atoms with van der Waals surface area (Å²) >= 11 is 0. The fourth-order valence-electron chi connectivity index (χ4n) is 1.74. The van der Waals surface area contributed by atoms with E-state index in [2.05, 4.69) is 36.4 Å². The number of pyridine rings is 1. The molecule has 0 fully saturated rings. The van der Waals surface area contributed by atoms with Crippen LogP contribution in [0.15, 0.2) is 12.1 Å². The Balaban J connectivity index is 2.99. The van der Waals surface area contributed by atoms with Gasteiger partial charge < -0.3 is 15.4 Å². The predicted molar refractivity (Wildman–Crippen MR) is 85.9 cm³/mol. The maximum atomic E-state index is 12.3. The standard InChI is InChI=1S/C16H27N3O2/c1-7-17-14-9-12(8-13(19-14)16(3,4)5)15(20)18-10-11(2)21-6/h8-9,11H,7,10H2,1-6H3,(H,17,19)(H,18,20). The predicted octanol–water partition coefficient (Wildman–Crippen LogP) is 2.58. The van der Waals surface area contributed by atoms with Crippen molar-refractivity contribution >= 4 is 11.7 Å². The van der Waals surface area contributed by atoms with Crippen molar-refractivity contribution in [1.82, 2.24) is 10.3 Å². The number of carbonyl (C=O) groups excluding carboxylic acids is 1. The molecule has 0 aliphatic rings. The van der Waals surface area contributed by atoms with Crippen molar-refractivity contribution in [2.45, 2.75) is 46.1 Å². The van der Waals surface area contributed by atoms with E-state index in [-0.39, 0.29) is 17.4 Å². The lowest BCUT2D eigenvalue weighted by Crippen LogP contribution is -2.32. The van der Waals surface area contributed by atoms with E-state index in [1.54, 1.807) is 13.2 Å². The van der Waals surface area contributed by atoms with Crippen LogP contribution < -0.4 is 10.6 Å². The summed E-state index contributed by atoms with van der Waals surface area (Å²) in [5.74, 6) is 0.626. The lowest BCUT2D eigenvalue weighted by Gasteiger charge is -2.20. The van der Waals surface area contributed by atoms with Crippen LogP contribution in [0, 0.1) is 0 Å². The van der Waals surface area contributed by atoms with Gasteiger partial charge in [-0.1, -0.05) is 20.8 Å². The highest BCUT2D eigenvalue weighted by Crippen LogP contribution is 2.23. The van der Waals surface area contributed by atoms with Gasteiger partial charge in [-0.3, -0.25) is 4.79 Å². The van der Waals surface area contributed by atoms with E-state index >= 15 is 0 Å². The van der Waals surface area contributed by atoms with Gasteiger partial charge in [0.2, 0.25) is 0 Å². The number of amides is 1. The van der Waals surface area contributed by atoms with Crippen molar-refractivity contribution in [2.24, 2.45) is 0 Å². The summed E-state index contributed by atoms with van der Waals surface area (Å²) in [5.41, 5.74) is 1.40. The highest BCUT2D eigenvalue weighted by molar-refractivity contribution is 5.95. The number of methoxy groups -OCH3 is 1. The van der Waals surface area contributed by atoms with Gasteiger partial charge in [0.05, 0.1) is 6.10 Å². The molecule has 0 bridgehead atoms. The monoisotopic (exact) mass is 293 g/mol. The molecule has 2 N–H and O–H groups in total. The molecular weight excluding hydrogens is 266 g/mol. The summed E-state index contributed by atoms with van der Waals surface area (Å²) < 4.78 is 5.14. The first-order valence-electron chi connectivity index (χ1n) is 7.35. The Hall–Kier alpha value is -1.62. The van der Waals surface area contributed by atoms with E-state index in [1.807, 2.05) is 19.9 Å². The maximum Gasteiger partial charge on any atom is 0.251 e. The Bertz CT molecular complexity index is 481. The van der Waals surface area contributed by atoms with E-state index < -0.39 is 0 Å². The number of hydrogen-bond donors (Lipinski definition) is 2. The third-order valence-corrected chi connectivity index (χ3v) is 3.17. The van der Waals surface area contributed by atoms with Gasteiger partial charge in [-0.2, -0.15) is 0 Å². The molecule has 5 heteroatoms. The number of rotatable bonds is 6. The highest BCUT2D eigenvalue weighted by Gasteiger charge is 2.19. The smallest absolute Gasteiger partial charge is 0.251 e. The molecule has 1 atom stereocenters. The molecule has 0 radical (unpaired) electrons. The number of ether oxygens (including phenoxy) is 1. The zero-order valence-electron chi connectivity index (χ0n) is 13.9. The first-order chi connectivity index (χ1) is 9.77. The van der Waals surface area contributed by atoms with E-state index in [9.17, 15) is 4.79 Å². The van der Waals surface area contributed by atoms with Crippen LogP contribution in [0.2, 0.25) is 0 Å². The van der Waals surface area contributed by atoms with Crippen molar-refractivity contribution in [3.8, 4) is 0 Å². The maximum absolute atomic E-state index is 12.3. The van der Waals surface area contributed by atoms with Crippen LogP contribution >= 0.6 is 0 Å². The molecule has 118 valence electrons. The Labute approximate surface area is 127 Å². The topological polar surface area (TPSA) is 63.2 Å². The van der Waals surface area contributed by atoms with Crippen molar-refractivity contribution in [1.29, 1.82) is 0 Å². The highest BCUT2D eigenvalue weighted by atomic mass is 16.5. The summed E-state index contributed by atoms with van der Waals surface area (Å²) in [7, 11) is 1.63. The molecule has 21 heavy (non-hydrogen) atoms. The Morgan fingerprint density at radius 3 is 2.57 bits per heavy atom. The first kappa shape index (κ1) is 17.4. The zero-order chi connectivity index (χ0) is 16.0. The molecule has 1 unspecified atom stereocenters. The number of hydrogen-bond acceptors (Lipinski definition) is 4. The molecule has 1 heterocycles. The molecule has 1 aromatic heterocycles. The van der Waals surface area contributed by atoms with E-state index in [0.29, 0.717) is 12.1 Å². The van der Waals surface area contributed by atoms with E-state index in [0.717, 1.165) is 18.1 Å². The normalized spacial score (nSPS) is 12.9. The summed E-state index contributed by atoms with van der Waals surface area (Å²) in [5, 5.41) is 6.05. The Kier molecular flexibility index (Phi) is 6.15. The van der Waals surface area contributed by atoms with Gasteiger partial charge in [0.15, 0.2) is 0 Å². The van der Waals surface area contributed by atoms with Crippen LogP contribution in [0.1, 0.15) is 50.7 Å². The molecule has 1 rings (SSSR count). The molecule has 0 aliphatic heterocycles. The van der Waals surface area contributed by atoms with Gasteiger partial charge in [0.25, 0.3) is 5.91 Å². The minimum atomic E-state index is -0.111. The van der Waals surface area contributed by atoms with Crippen LogP contribution in [0.25, 0.3) is 0 Å². The number of carbonyl (C=O) groups is 1. The molecule has 1 amide bonds. The Morgan fingerprint density at radius 2 is 2.05 bits per heavy atom. The van der Waals surface area contributed by atoms with Crippen molar-refractivity contribution in [3.05, 3.63) is 23.4 Å². The third-order valence-electron chi connectivity index (χ3n) is 3.17. The molecule has 0 aliphatic carbocycles.